The summed E-state index contributed by atoms with van der Waals surface area (Å²) in [6.07, 6.45) is 1.61. The monoisotopic (exact) mass is 378 g/mol. The Morgan fingerprint density at radius 3 is 2.74 bits per heavy atom. The van der Waals surface area contributed by atoms with E-state index in [9.17, 15) is 10.1 Å². The first-order valence-corrected chi connectivity index (χ1v) is 7.22. The predicted molar refractivity (Wildman–Crippen MR) is 84.4 cm³/mol. The van der Waals surface area contributed by atoms with E-state index in [0.717, 1.165) is 16.4 Å². The molecule has 0 amide bonds. The van der Waals surface area contributed by atoms with Crippen molar-refractivity contribution in [1.29, 1.82) is 0 Å². The fraction of sp³-hybridized carbons (Fsp3) is 0.538. The van der Waals surface area contributed by atoms with Gasteiger partial charge in [-0.1, -0.05) is 13.8 Å². The molecule has 1 aromatic carbocycles. The third-order valence-corrected chi connectivity index (χ3v) is 3.60. The topological polar surface area (TPSA) is 75.4 Å². The molecule has 106 valence electrons. The molecule has 0 atom stereocenters. The first-order chi connectivity index (χ1) is 8.85. The number of nitro groups is 1. The molecule has 1 aromatic rings. The molecule has 0 saturated carbocycles. The number of halogens is 1. The molecule has 5 nitrogen and oxygen atoms in total. The third kappa shape index (κ3) is 5.32. The van der Waals surface area contributed by atoms with Crippen molar-refractivity contribution in [2.45, 2.75) is 26.7 Å². The minimum atomic E-state index is -0.370. The molecule has 1 rings (SSSR count). The van der Waals surface area contributed by atoms with E-state index < -0.39 is 0 Å². The van der Waals surface area contributed by atoms with Crippen molar-refractivity contribution in [2.75, 3.05) is 18.5 Å². The molecule has 0 bridgehead atoms. The number of hydrogen-bond acceptors (Lipinski definition) is 4. The molecule has 0 radical (unpaired) electrons. The fourth-order valence-corrected chi connectivity index (χ4v) is 2.26. The molecule has 19 heavy (non-hydrogen) atoms. The fourth-order valence-electron chi connectivity index (χ4n) is 1.79. The van der Waals surface area contributed by atoms with Crippen LogP contribution < -0.4 is 5.32 Å². The average Bonchev–Trinajstić information content (AvgIpc) is 2.35. The van der Waals surface area contributed by atoms with Crippen LogP contribution in [-0.4, -0.2) is 23.2 Å². The Balaban J connectivity index is 2.75. The predicted octanol–water partition coefficient (Wildman–Crippen LogP) is 3.41. The quantitative estimate of drug-likeness (QED) is 0.433. The minimum Gasteiger partial charge on any atom is -0.396 e. The van der Waals surface area contributed by atoms with E-state index in [-0.39, 0.29) is 22.6 Å². The molecule has 0 unspecified atom stereocenters. The van der Waals surface area contributed by atoms with Crippen LogP contribution in [0.2, 0.25) is 0 Å². The molecule has 0 aliphatic rings. The van der Waals surface area contributed by atoms with E-state index in [0.29, 0.717) is 12.2 Å². The zero-order chi connectivity index (χ0) is 14.5. The highest BCUT2D eigenvalue weighted by molar-refractivity contribution is 14.1. The van der Waals surface area contributed by atoms with E-state index in [4.69, 9.17) is 5.11 Å². The van der Waals surface area contributed by atoms with Gasteiger partial charge in [-0.25, -0.2) is 0 Å². The summed E-state index contributed by atoms with van der Waals surface area (Å²) >= 11 is 2.06. The summed E-state index contributed by atoms with van der Waals surface area (Å²) in [5.74, 6) is 0. The Kier molecular flexibility index (Phi) is 5.99. The summed E-state index contributed by atoms with van der Waals surface area (Å²) in [5.41, 5.74) is 0.631. The third-order valence-electron chi connectivity index (χ3n) is 2.93. The van der Waals surface area contributed by atoms with Gasteiger partial charge in [0.1, 0.15) is 5.69 Å². The number of aliphatic hydroxyl groups is 1. The second-order valence-corrected chi connectivity index (χ2v) is 6.51. The van der Waals surface area contributed by atoms with Gasteiger partial charge in [0.2, 0.25) is 0 Å². The lowest BCUT2D eigenvalue weighted by Crippen LogP contribution is -2.23. The van der Waals surface area contributed by atoms with Gasteiger partial charge in [0.05, 0.1) is 4.92 Å². The second kappa shape index (κ2) is 7.04. The van der Waals surface area contributed by atoms with Crippen molar-refractivity contribution in [3.8, 4) is 0 Å². The number of aliphatic hydroxyl groups excluding tert-OH is 1. The smallest absolute Gasteiger partial charge is 0.293 e. The van der Waals surface area contributed by atoms with Crippen molar-refractivity contribution >= 4 is 34.0 Å². The van der Waals surface area contributed by atoms with Gasteiger partial charge >= 0.3 is 0 Å². The lowest BCUT2D eigenvalue weighted by Gasteiger charge is -2.25. The average molecular weight is 378 g/mol. The Bertz CT molecular complexity index is 450. The van der Waals surface area contributed by atoms with Crippen molar-refractivity contribution in [3.63, 3.8) is 0 Å². The minimum absolute atomic E-state index is 0.0143. The van der Waals surface area contributed by atoms with E-state index in [1.54, 1.807) is 12.1 Å². The molecule has 0 fully saturated rings. The summed E-state index contributed by atoms with van der Waals surface area (Å²) in [5, 5.41) is 23.0. The number of nitrogens with one attached hydrogen (secondary N) is 1. The molecule has 0 spiro atoms. The largest absolute Gasteiger partial charge is 0.396 e. The molecule has 0 saturated heterocycles. The van der Waals surface area contributed by atoms with E-state index in [2.05, 4.69) is 41.8 Å². The lowest BCUT2D eigenvalue weighted by atomic mass is 9.88. The number of nitro benzene ring substituents is 1. The molecule has 0 aliphatic heterocycles. The van der Waals surface area contributed by atoms with Crippen LogP contribution in [0.25, 0.3) is 0 Å². The maximum Gasteiger partial charge on any atom is 0.293 e. The first-order valence-electron chi connectivity index (χ1n) is 6.14. The van der Waals surface area contributed by atoms with Gasteiger partial charge in [0.15, 0.2) is 0 Å². The molecular formula is C13H19IN2O3. The Morgan fingerprint density at radius 2 is 2.16 bits per heavy atom. The van der Waals surface area contributed by atoms with Gasteiger partial charge in [-0.3, -0.25) is 10.1 Å². The highest BCUT2D eigenvalue weighted by Gasteiger charge is 2.20. The standard InChI is InChI=1S/C13H19IN2O3/c1-13(2,6-3-7-17)9-15-11-5-4-10(14)8-12(11)16(18)19/h4-5,8,15,17H,3,6-7,9H2,1-2H3. The molecule has 0 aromatic heterocycles. The van der Waals surface area contributed by atoms with E-state index in [1.807, 2.05) is 6.07 Å². The zero-order valence-corrected chi connectivity index (χ0v) is 13.3. The molecule has 6 heteroatoms. The van der Waals surface area contributed by atoms with Crippen molar-refractivity contribution in [2.24, 2.45) is 5.41 Å². The maximum atomic E-state index is 11.0. The van der Waals surface area contributed by atoms with Gasteiger partial charge < -0.3 is 10.4 Å². The van der Waals surface area contributed by atoms with Gasteiger partial charge in [0.25, 0.3) is 5.69 Å². The van der Waals surface area contributed by atoms with E-state index >= 15 is 0 Å². The molecule has 0 aliphatic carbocycles. The number of nitrogens with zero attached hydrogens (tertiary/aromatic N) is 1. The first kappa shape index (κ1) is 16.2. The van der Waals surface area contributed by atoms with Gasteiger partial charge in [-0.05, 0) is 53.0 Å². The number of rotatable bonds is 7. The highest BCUT2D eigenvalue weighted by Crippen LogP contribution is 2.29. The van der Waals surface area contributed by atoms with Crippen LogP contribution in [0.1, 0.15) is 26.7 Å². The van der Waals surface area contributed by atoms with Crippen molar-refractivity contribution in [1.82, 2.24) is 0 Å². The summed E-state index contributed by atoms with van der Waals surface area (Å²) in [4.78, 5) is 10.6. The van der Waals surface area contributed by atoms with Gasteiger partial charge in [-0.15, -0.1) is 0 Å². The van der Waals surface area contributed by atoms with Crippen LogP contribution in [0.3, 0.4) is 0 Å². The second-order valence-electron chi connectivity index (χ2n) is 5.26. The van der Waals surface area contributed by atoms with Crippen LogP contribution in [0, 0.1) is 19.1 Å². The van der Waals surface area contributed by atoms with Crippen LogP contribution in [0.5, 0.6) is 0 Å². The lowest BCUT2D eigenvalue weighted by molar-refractivity contribution is -0.384. The number of anilines is 1. The van der Waals surface area contributed by atoms with E-state index in [1.165, 1.54) is 0 Å². The SMILES string of the molecule is CC(C)(CCCO)CNc1ccc(I)cc1[N+](=O)[O-]. The van der Waals surface area contributed by atoms with Gasteiger partial charge in [0, 0.05) is 22.8 Å². The summed E-state index contributed by atoms with van der Waals surface area (Å²) < 4.78 is 0.842. The van der Waals surface area contributed by atoms with Crippen LogP contribution in [0.15, 0.2) is 18.2 Å². The molecular weight excluding hydrogens is 359 g/mol. The Morgan fingerprint density at radius 1 is 1.47 bits per heavy atom. The maximum absolute atomic E-state index is 11.0. The number of benzene rings is 1. The Hall–Kier alpha value is -0.890. The van der Waals surface area contributed by atoms with Crippen molar-refractivity contribution in [3.05, 3.63) is 31.9 Å². The van der Waals surface area contributed by atoms with Crippen LogP contribution in [-0.2, 0) is 0 Å². The van der Waals surface area contributed by atoms with Gasteiger partial charge in [-0.2, -0.15) is 0 Å². The Labute approximate surface area is 126 Å². The van der Waals surface area contributed by atoms with Crippen LogP contribution in [0.4, 0.5) is 11.4 Å². The normalized spacial score (nSPS) is 11.4. The zero-order valence-electron chi connectivity index (χ0n) is 11.1. The summed E-state index contributed by atoms with van der Waals surface area (Å²) in [6, 6.07) is 5.14. The van der Waals surface area contributed by atoms with Crippen molar-refractivity contribution < 1.29 is 10.0 Å². The molecule has 2 N–H and O–H groups in total. The highest BCUT2D eigenvalue weighted by atomic mass is 127. The number of hydrogen-bond donors (Lipinski definition) is 2. The summed E-state index contributed by atoms with van der Waals surface area (Å²) in [7, 11) is 0. The summed E-state index contributed by atoms with van der Waals surface area (Å²) in [6.45, 7) is 4.96. The molecule has 0 heterocycles. The van der Waals surface area contributed by atoms with Crippen LogP contribution >= 0.6 is 22.6 Å².